The van der Waals surface area contributed by atoms with Crippen LogP contribution < -0.4 is 10.1 Å². The molecule has 0 aromatic heterocycles. The normalized spacial score (nSPS) is 22.2. The van der Waals surface area contributed by atoms with E-state index in [0.29, 0.717) is 24.7 Å². The third-order valence-electron chi connectivity index (χ3n) is 3.14. The zero-order valence-corrected chi connectivity index (χ0v) is 11.1. The second-order valence-electron chi connectivity index (χ2n) is 4.52. The number of ether oxygens (including phenoxy) is 2. The average molecular weight is 266 g/mol. The smallest absolute Gasteiger partial charge is 0.275 e. The number of anilines is 1. The first-order valence-electron chi connectivity index (χ1n) is 6.40. The van der Waals surface area contributed by atoms with Gasteiger partial charge in [0.2, 0.25) is 0 Å². The Morgan fingerprint density at radius 3 is 2.89 bits per heavy atom. The standard InChI is InChI=1S/C13H18N2O4/c1-3-18-12-7-10(6-11(8-12)15(16)17)14-13-4-5-19-9(13)2/h6-9,13-14H,3-5H2,1-2H3. The minimum atomic E-state index is -0.414. The number of hydrogen-bond donors (Lipinski definition) is 1. The molecule has 0 radical (unpaired) electrons. The Morgan fingerprint density at radius 2 is 2.32 bits per heavy atom. The van der Waals surface area contributed by atoms with Crippen LogP contribution in [0, 0.1) is 10.1 Å². The number of nitrogens with zero attached hydrogens (tertiary/aromatic N) is 1. The van der Waals surface area contributed by atoms with Gasteiger partial charge in [-0.1, -0.05) is 0 Å². The number of hydrogen-bond acceptors (Lipinski definition) is 5. The monoisotopic (exact) mass is 266 g/mol. The molecule has 1 aromatic carbocycles. The molecule has 0 aliphatic carbocycles. The molecule has 0 bridgehead atoms. The largest absolute Gasteiger partial charge is 0.494 e. The summed E-state index contributed by atoms with van der Waals surface area (Å²) in [5.74, 6) is 0.505. The molecule has 1 heterocycles. The number of benzene rings is 1. The third-order valence-corrected chi connectivity index (χ3v) is 3.14. The van der Waals surface area contributed by atoms with Crippen LogP contribution in [0.25, 0.3) is 0 Å². The lowest BCUT2D eigenvalue weighted by Crippen LogP contribution is -2.26. The fourth-order valence-corrected chi connectivity index (χ4v) is 2.16. The highest BCUT2D eigenvalue weighted by Gasteiger charge is 2.24. The molecule has 1 N–H and O–H groups in total. The number of nitro benzene ring substituents is 1. The Morgan fingerprint density at radius 1 is 1.53 bits per heavy atom. The number of nitro groups is 1. The molecule has 1 saturated heterocycles. The molecule has 19 heavy (non-hydrogen) atoms. The van der Waals surface area contributed by atoms with Gasteiger partial charge in [-0.2, -0.15) is 0 Å². The van der Waals surface area contributed by atoms with Gasteiger partial charge in [0.25, 0.3) is 5.69 Å². The molecule has 0 spiro atoms. The number of non-ortho nitro benzene ring substituents is 1. The van der Waals surface area contributed by atoms with E-state index in [-0.39, 0.29) is 17.8 Å². The van der Waals surface area contributed by atoms with Crippen LogP contribution in [-0.2, 0) is 4.74 Å². The van der Waals surface area contributed by atoms with Crippen molar-refractivity contribution in [2.45, 2.75) is 32.4 Å². The summed E-state index contributed by atoms with van der Waals surface area (Å²) >= 11 is 0. The van der Waals surface area contributed by atoms with Crippen LogP contribution in [0.3, 0.4) is 0 Å². The maximum atomic E-state index is 10.9. The van der Waals surface area contributed by atoms with Crippen LogP contribution in [0.2, 0.25) is 0 Å². The number of rotatable bonds is 5. The lowest BCUT2D eigenvalue weighted by Gasteiger charge is -2.17. The van der Waals surface area contributed by atoms with E-state index in [9.17, 15) is 10.1 Å². The summed E-state index contributed by atoms with van der Waals surface area (Å²) in [6.07, 6.45) is 1.00. The van der Waals surface area contributed by atoms with Gasteiger partial charge in [-0.25, -0.2) is 0 Å². The van der Waals surface area contributed by atoms with Crippen molar-refractivity contribution in [3.63, 3.8) is 0 Å². The summed E-state index contributed by atoms with van der Waals surface area (Å²) in [6.45, 7) is 5.03. The van der Waals surface area contributed by atoms with Gasteiger partial charge < -0.3 is 14.8 Å². The van der Waals surface area contributed by atoms with Crippen LogP contribution in [-0.4, -0.2) is 30.3 Å². The van der Waals surface area contributed by atoms with E-state index in [1.54, 1.807) is 6.07 Å². The van der Waals surface area contributed by atoms with Crippen molar-refractivity contribution in [3.05, 3.63) is 28.3 Å². The molecule has 2 rings (SSSR count). The first kappa shape index (κ1) is 13.6. The van der Waals surface area contributed by atoms with Crippen LogP contribution in [0.5, 0.6) is 5.75 Å². The van der Waals surface area contributed by atoms with E-state index >= 15 is 0 Å². The molecule has 0 saturated carbocycles. The lowest BCUT2D eigenvalue weighted by atomic mass is 10.1. The minimum absolute atomic E-state index is 0.0278. The topological polar surface area (TPSA) is 73.6 Å². The van der Waals surface area contributed by atoms with E-state index in [4.69, 9.17) is 9.47 Å². The molecule has 2 unspecified atom stereocenters. The Bertz CT molecular complexity index is 464. The summed E-state index contributed by atoms with van der Waals surface area (Å²) in [7, 11) is 0. The van der Waals surface area contributed by atoms with E-state index in [1.807, 2.05) is 13.8 Å². The van der Waals surface area contributed by atoms with Gasteiger partial charge >= 0.3 is 0 Å². The maximum absolute atomic E-state index is 10.9. The molecule has 104 valence electrons. The zero-order chi connectivity index (χ0) is 13.8. The zero-order valence-electron chi connectivity index (χ0n) is 11.1. The highest BCUT2D eigenvalue weighted by Crippen LogP contribution is 2.28. The van der Waals surface area contributed by atoms with Crippen molar-refractivity contribution < 1.29 is 14.4 Å². The summed E-state index contributed by atoms with van der Waals surface area (Å²) in [5, 5.41) is 14.2. The van der Waals surface area contributed by atoms with Gasteiger partial charge in [-0.15, -0.1) is 0 Å². The van der Waals surface area contributed by atoms with Crippen LogP contribution >= 0.6 is 0 Å². The van der Waals surface area contributed by atoms with Crippen molar-refractivity contribution in [1.29, 1.82) is 0 Å². The summed E-state index contributed by atoms with van der Waals surface area (Å²) in [4.78, 5) is 10.5. The molecular weight excluding hydrogens is 248 g/mol. The van der Waals surface area contributed by atoms with Crippen molar-refractivity contribution in [1.82, 2.24) is 0 Å². The van der Waals surface area contributed by atoms with Gasteiger partial charge in [-0.05, 0) is 20.3 Å². The first-order valence-corrected chi connectivity index (χ1v) is 6.40. The van der Waals surface area contributed by atoms with E-state index in [1.165, 1.54) is 12.1 Å². The SMILES string of the molecule is CCOc1cc(NC2CCOC2C)cc([N+](=O)[O-])c1. The Kier molecular flexibility index (Phi) is 4.21. The van der Waals surface area contributed by atoms with Gasteiger partial charge in [-0.3, -0.25) is 10.1 Å². The second-order valence-corrected chi connectivity index (χ2v) is 4.52. The molecule has 1 aliphatic rings. The quantitative estimate of drug-likeness (QED) is 0.655. The predicted octanol–water partition coefficient (Wildman–Crippen LogP) is 2.58. The summed E-state index contributed by atoms with van der Waals surface area (Å²) in [5.41, 5.74) is 0.722. The van der Waals surface area contributed by atoms with Gasteiger partial charge in [0, 0.05) is 24.4 Å². The van der Waals surface area contributed by atoms with Gasteiger partial charge in [0.15, 0.2) is 0 Å². The van der Waals surface area contributed by atoms with E-state index in [2.05, 4.69) is 5.32 Å². The van der Waals surface area contributed by atoms with Crippen molar-refractivity contribution in [2.75, 3.05) is 18.5 Å². The molecule has 1 aliphatic heterocycles. The average Bonchev–Trinajstić information content (AvgIpc) is 2.75. The molecule has 1 aromatic rings. The molecule has 1 fully saturated rings. The van der Waals surface area contributed by atoms with Gasteiger partial charge in [0.05, 0.1) is 29.7 Å². The summed E-state index contributed by atoms with van der Waals surface area (Å²) in [6, 6.07) is 4.91. The fraction of sp³-hybridized carbons (Fsp3) is 0.538. The van der Waals surface area contributed by atoms with Crippen molar-refractivity contribution >= 4 is 11.4 Å². The fourth-order valence-electron chi connectivity index (χ4n) is 2.16. The van der Waals surface area contributed by atoms with Crippen molar-refractivity contribution in [3.8, 4) is 5.75 Å². The summed E-state index contributed by atoms with van der Waals surface area (Å²) < 4.78 is 10.8. The van der Waals surface area contributed by atoms with Crippen molar-refractivity contribution in [2.24, 2.45) is 0 Å². The minimum Gasteiger partial charge on any atom is -0.494 e. The lowest BCUT2D eigenvalue weighted by molar-refractivity contribution is -0.384. The Hall–Kier alpha value is -1.82. The molecular formula is C13H18N2O4. The van der Waals surface area contributed by atoms with Gasteiger partial charge in [0.1, 0.15) is 5.75 Å². The predicted molar refractivity (Wildman–Crippen MR) is 71.7 cm³/mol. The Balaban J connectivity index is 2.20. The van der Waals surface area contributed by atoms with Crippen LogP contribution in [0.4, 0.5) is 11.4 Å². The highest BCUT2D eigenvalue weighted by atomic mass is 16.6. The van der Waals surface area contributed by atoms with Crippen LogP contribution in [0.1, 0.15) is 20.3 Å². The Labute approximate surface area is 111 Å². The molecule has 6 nitrogen and oxygen atoms in total. The van der Waals surface area contributed by atoms with E-state index < -0.39 is 4.92 Å². The molecule has 2 atom stereocenters. The second kappa shape index (κ2) is 5.88. The molecule has 0 amide bonds. The number of nitrogens with one attached hydrogen (secondary N) is 1. The maximum Gasteiger partial charge on any atom is 0.275 e. The van der Waals surface area contributed by atoms with Crippen LogP contribution in [0.15, 0.2) is 18.2 Å². The molecule has 6 heteroatoms. The first-order chi connectivity index (χ1) is 9.10. The third kappa shape index (κ3) is 3.35. The highest BCUT2D eigenvalue weighted by molar-refractivity contribution is 5.57. The van der Waals surface area contributed by atoms with E-state index in [0.717, 1.165) is 6.42 Å².